The van der Waals surface area contributed by atoms with Crippen molar-refractivity contribution in [1.82, 2.24) is 4.57 Å². The van der Waals surface area contributed by atoms with E-state index in [1.54, 1.807) is 13.8 Å². The van der Waals surface area contributed by atoms with Gasteiger partial charge in [0.15, 0.2) is 17.3 Å². The fraction of sp³-hybridized carbons (Fsp3) is 0.267. The van der Waals surface area contributed by atoms with Gasteiger partial charge < -0.3 is 9.84 Å². The zero-order chi connectivity index (χ0) is 18.0. The number of azo groups is 1. The molecular weight excluding hydrogens is 316 g/mol. The molecule has 0 radical (unpaired) electrons. The minimum atomic E-state index is -0.607. The quantitative estimate of drug-likeness (QED) is 0.524. The number of nitrogens with zero attached hydrogens (tertiary/aromatic N) is 4. The van der Waals surface area contributed by atoms with Crippen LogP contribution in [0.1, 0.15) is 11.1 Å². The van der Waals surface area contributed by atoms with Crippen molar-refractivity contribution in [2.45, 2.75) is 13.8 Å². The molecule has 0 fully saturated rings. The largest absolute Gasteiger partial charge is 0.496 e. The number of rotatable bonds is 4. The summed E-state index contributed by atoms with van der Waals surface area (Å²) < 4.78 is 5.99. The first kappa shape index (κ1) is 17.1. The number of pyridine rings is 1. The Morgan fingerprint density at radius 2 is 1.92 bits per heavy atom. The Morgan fingerprint density at radius 3 is 2.50 bits per heavy atom. The van der Waals surface area contributed by atoms with Gasteiger partial charge in [-0.15, -0.1) is 10.2 Å². The van der Waals surface area contributed by atoms with Crippen molar-refractivity contribution in [3.8, 4) is 11.6 Å². The molecular formula is C15H16N4O5. The predicted octanol–water partition coefficient (Wildman–Crippen LogP) is 3.04. The molecule has 24 heavy (non-hydrogen) atoms. The van der Waals surface area contributed by atoms with E-state index in [4.69, 9.17) is 4.74 Å². The molecule has 1 N–H and O–H groups in total. The van der Waals surface area contributed by atoms with Crippen molar-refractivity contribution in [2.24, 2.45) is 17.3 Å². The monoisotopic (exact) mass is 332 g/mol. The van der Waals surface area contributed by atoms with Crippen molar-refractivity contribution < 1.29 is 14.8 Å². The minimum Gasteiger partial charge on any atom is -0.496 e. The van der Waals surface area contributed by atoms with Gasteiger partial charge in [0.1, 0.15) is 5.75 Å². The second-order valence-corrected chi connectivity index (χ2v) is 5.10. The van der Waals surface area contributed by atoms with E-state index in [1.807, 2.05) is 0 Å². The highest BCUT2D eigenvalue weighted by molar-refractivity contribution is 5.60. The lowest BCUT2D eigenvalue weighted by molar-refractivity contribution is -0.384. The van der Waals surface area contributed by atoms with Crippen LogP contribution in [-0.4, -0.2) is 21.7 Å². The Hall–Kier alpha value is -3.23. The van der Waals surface area contributed by atoms with E-state index in [0.717, 1.165) is 4.57 Å². The van der Waals surface area contributed by atoms with Gasteiger partial charge in [-0.25, -0.2) is 0 Å². The number of hydrogen-bond donors (Lipinski definition) is 1. The number of aromatic hydroxyl groups is 1. The van der Waals surface area contributed by atoms with Crippen LogP contribution in [0.15, 0.2) is 33.2 Å². The Morgan fingerprint density at radius 1 is 1.25 bits per heavy atom. The number of ether oxygens (including phenoxy) is 1. The lowest BCUT2D eigenvalue weighted by atomic mass is 10.1. The standard InChI is InChI=1S/C15H16N4O5/c1-8-9(2)14(20)18(3)15(21)13(8)17-16-11-6-5-10(24-4)7-12(11)19(22)23/h5-7,20H,1-4H3. The fourth-order valence-electron chi connectivity index (χ4n) is 2.09. The van der Waals surface area contributed by atoms with Crippen molar-refractivity contribution in [2.75, 3.05) is 7.11 Å². The average molecular weight is 332 g/mol. The molecule has 0 saturated carbocycles. The second kappa shape index (κ2) is 6.49. The van der Waals surface area contributed by atoms with Crippen LogP contribution < -0.4 is 10.3 Å². The number of nitro groups is 1. The summed E-state index contributed by atoms with van der Waals surface area (Å²) >= 11 is 0. The molecule has 2 rings (SSSR count). The predicted molar refractivity (Wildman–Crippen MR) is 86.6 cm³/mol. The highest BCUT2D eigenvalue weighted by Crippen LogP contribution is 2.33. The zero-order valence-corrected chi connectivity index (χ0v) is 13.6. The molecule has 1 aromatic heterocycles. The topological polar surface area (TPSA) is 119 Å². The Labute approximate surface area is 137 Å². The van der Waals surface area contributed by atoms with Crippen molar-refractivity contribution in [3.05, 3.63) is 49.8 Å². The molecule has 0 amide bonds. The maximum absolute atomic E-state index is 12.2. The summed E-state index contributed by atoms with van der Waals surface area (Å²) in [5, 5.41) is 28.7. The zero-order valence-electron chi connectivity index (χ0n) is 13.6. The number of hydrogen-bond acceptors (Lipinski definition) is 7. The molecule has 1 aromatic carbocycles. The third kappa shape index (κ3) is 2.96. The number of aromatic nitrogens is 1. The smallest absolute Gasteiger partial charge is 0.300 e. The van der Waals surface area contributed by atoms with Crippen LogP contribution in [-0.2, 0) is 7.05 Å². The molecule has 0 saturated heterocycles. The second-order valence-electron chi connectivity index (χ2n) is 5.10. The summed E-state index contributed by atoms with van der Waals surface area (Å²) in [5.41, 5.74) is 0.107. The van der Waals surface area contributed by atoms with Gasteiger partial charge in [-0.1, -0.05) is 0 Å². The maximum atomic E-state index is 12.2. The van der Waals surface area contributed by atoms with Gasteiger partial charge in [-0.05, 0) is 31.5 Å². The van der Waals surface area contributed by atoms with Gasteiger partial charge in [0.05, 0.1) is 18.1 Å². The molecule has 1 heterocycles. The van der Waals surface area contributed by atoms with Gasteiger partial charge in [-0.3, -0.25) is 19.5 Å². The van der Waals surface area contributed by atoms with Gasteiger partial charge in [0.2, 0.25) is 0 Å². The van der Waals surface area contributed by atoms with Crippen molar-refractivity contribution >= 4 is 17.1 Å². The molecule has 0 aliphatic rings. The van der Waals surface area contributed by atoms with Crippen molar-refractivity contribution in [1.29, 1.82) is 0 Å². The van der Waals surface area contributed by atoms with Crippen LogP contribution in [0.25, 0.3) is 0 Å². The summed E-state index contributed by atoms with van der Waals surface area (Å²) in [6.45, 7) is 3.26. The highest BCUT2D eigenvalue weighted by atomic mass is 16.6. The number of benzene rings is 1. The van der Waals surface area contributed by atoms with Crippen LogP contribution >= 0.6 is 0 Å². The Balaban J connectivity index is 2.58. The normalized spacial score (nSPS) is 11.0. The Kier molecular flexibility index (Phi) is 4.63. The van der Waals surface area contributed by atoms with E-state index < -0.39 is 10.5 Å². The molecule has 126 valence electrons. The first-order valence-corrected chi connectivity index (χ1v) is 6.91. The molecule has 0 bridgehead atoms. The van der Waals surface area contributed by atoms with Crippen LogP contribution in [0, 0.1) is 24.0 Å². The minimum absolute atomic E-state index is 0.00650. The lowest BCUT2D eigenvalue weighted by Gasteiger charge is -2.09. The molecule has 0 unspecified atom stereocenters. The van der Waals surface area contributed by atoms with Gasteiger partial charge in [0.25, 0.3) is 11.2 Å². The molecule has 0 atom stereocenters. The van der Waals surface area contributed by atoms with Crippen molar-refractivity contribution in [3.63, 3.8) is 0 Å². The van der Waals surface area contributed by atoms with Crippen LogP contribution in [0.2, 0.25) is 0 Å². The first-order valence-electron chi connectivity index (χ1n) is 6.91. The molecule has 0 aliphatic carbocycles. The summed E-state index contributed by atoms with van der Waals surface area (Å²) in [7, 11) is 2.80. The molecule has 9 heteroatoms. The molecule has 0 spiro atoms. The number of nitro benzene ring substituents is 1. The fourth-order valence-corrected chi connectivity index (χ4v) is 2.09. The third-order valence-corrected chi connectivity index (χ3v) is 3.72. The van der Waals surface area contributed by atoms with E-state index in [0.29, 0.717) is 16.9 Å². The van der Waals surface area contributed by atoms with Gasteiger partial charge in [0, 0.05) is 12.6 Å². The summed E-state index contributed by atoms with van der Waals surface area (Å²) in [6, 6.07) is 4.11. The first-order chi connectivity index (χ1) is 11.3. The summed E-state index contributed by atoms with van der Waals surface area (Å²) in [5.74, 6) is 0.153. The maximum Gasteiger partial charge on any atom is 0.300 e. The van der Waals surface area contributed by atoms with Gasteiger partial charge >= 0.3 is 0 Å². The third-order valence-electron chi connectivity index (χ3n) is 3.72. The highest BCUT2D eigenvalue weighted by Gasteiger charge is 2.17. The summed E-state index contributed by atoms with van der Waals surface area (Å²) in [4.78, 5) is 22.7. The van der Waals surface area contributed by atoms with E-state index in [2.05, 4.69) is 10.2 Å². The Bertz CT molecular complexity index is 902. The average Bonchev–Trinajstić information content (AvgIpc) is 2.58. The van der Waals surface area contributed by atoms with E-state index in [9.17, 15) is 20.0 Å². The summed E-state index contributed by atoms with van der Waals surface area (Å²) in [6.07, 6.45) is 0. The molecule has 9 nitrogen and oxygen atoms in total. The molecule has 2 aromatic rings. The van der Waals surface area contributed by atoms with E-state index >= 15 is 0 Å². The van der Waals surface area contributed by atoms with E-state index in [-0.39, 0.29) is 22.9 Å². The molecule has 0 aliphatic heterocycles. The van der Waals surface area contributed by atoms with Gasteiger partial charge in [-0.2, -0.15) is 0 Å². The SMILES string of the molecule is COc1ccc(N=Nc2c(C)c(C)c(O)n(C)c2=O)c([N+](=O)[O-])c1. The lowest BCUT2D eigenvalue weighted by Crippen LogP contribution is -2.18. The number of methoxy groups -OCH3 is 1. The van der Waals surface area contributed by atoms with Crippen LogP contribution in [0.5, 0.6) is 11.6 Å². The van der Waals surface area contributed by atoms with Crippen LogP contribution in [0.4, 0.5) is 17.1 Å². The van der Waals surface area contributed by atoms with Crippen LogP contribution in [0.3, 0.4) is 0 Å². The van der Waals surface area contributed by atoms with E-state index in [1.165, 1.54) is 32.4 Å².